The summed E-state index contributed by atoms with van der Waals surface area (Å²) in [4.78, 5) is 0. The van der Waals surface area contributed by atoms with Gasteiger partial charge in [-0.15, -0.1) is 0 Å². The molecule has 3 heteroatoms. The van der Waals surface area contributed by atoms with Crippen LogP contribution in [-0.4, -0.2) is 0 Å². The van der Waals surface area contributed by atoms with E-state index in [-0.39, 0.29) is 5.82 Å². The minimum absolute atomic E-state index is 0.267. The molecule has 1 N–H and O–H groups in total. The van der Waals surface area contributed by atoms with E-state index >= 15 is 0 Å². The molecule has 3 rings (SSSR count). The lowest BCUT2D eigenvalue weighted by Crippen LogP contribution is -2.17. The van der Waals surface area contributed by atoms with E-state index in [1.165, 1.54) is 23.3 Å². The summed E-state index contributed by atoms with van der Waals surface area (Å²) >= 11 is 0. The molecule has 3 aromatic rings. The first kappa shape index (κ1) is 16.2. The molecule has 0 spiro atoms. The molecule has 0 aromatic heterocycles. The van der Waals surface area contributed by atoms with Gasteiger partial charge >= 0.3 is 0 Å². The highest BCUT2D eigenvalue weighted by Gasteiger charge is 2.04. The third-order valence-corrected chi connectivity index (χ3v) is 3.88. The molecule has 0 aliphatic heterocycles. The van der Waals surface area contributed by atoms with Crippen molar-refractivity contribution in [2.24, 2.45) is 0 Å². The number of nitrogens with one attached hydrogen (secondary N) is 1. The lowest BCUT2D eigenvalue weighted by molar-refractivity contribution is 0.480. The van der Waals surface area contributed by atoms with Crippen molar-refractivity contribution in [1.29, 1.82) is 0 Å². The Balaban J connectivity index is 1.55. The molecule has 0 bridgehead atoms. The number of rotatable bonds is 6. The van der Waals surface area contributed by atoms with Gasteiger partial charge in [-0.1, -0.05) is 42.5 Å². The molecule has 1 atom stereocenters. The van der Waals surface area contributed by atoms with Crippen LogP contribution in [0.1, 0.15) is 24.1 Å². The largest absolute Gasteiger partial charge is 0.457 e. The van der Waals surface area contributed by atoms with Gasteiger partial charge in [0.05, 0.1) is 0 Å². The van der Waals surface area contributed by atoms with Gasteiger partial charge in [0.25, 0.3) is 0 Å². The van der Waals surface area contributed by atoms with Crippen molar-refractivity contribution in [3.8, 4) is 11.5 Å². The number of halogens is 1. The molecule has 0 saturated carbocycles. The third kappa shape index (κ3) is 4.43. The van der Waals surface area contributed by atoms with Crippen LogP contribution in [0.2, 0.25) is 0 Å². The van der Waals surface area contributed by atoms with Gasteiger partial charge in [-0.25, -0.2) is 4.39 Å². The summed E-state index contributed by atoms with van der Waals surface area (Å²) in [5, 5.41) is 3.51. The summed E-state index contributed by atoms with van der Waals surface area (Å²) in [6, 6.07) is 24.6. The van der Waals surface area contributed by atoms with Crippen molar-refractivity contribution in [1.82, 2.24) is 5.32 Å². The van der Waals surface area contributed by atoms with Gasteiger partial charge in [0.2, 0.25) is 0 Å². The SMILES string of the molecule is C[C@H](NCc1ccc(Oc2ccc(F)cc2)cc1)c1ccccc1. The maximum atomic E-state index is 12.9. The molecular formula is C21H20FNO. The average Bonchev–Trinajstić information content (AvgIpc) is 2.63. The molecule has 0 saturated heterocycles. The molecule has 0 unspecified atom stereocenters. The summed E-state index contributed by atoms with van der Waals surface area (Å²) in [6.07, 6.45) is 0. The van der Waals surface area contributed by atoms with Gasteiger partial charge in [-0.2, -0.15) is 0 Å². The Bertz CT molecular complexity index is 754. The van der Waals surface area contributed by atoms with Gasteiger partial charge in [-0.3, -0.25) is 0 Å². The quantitative estimate of drug-likeness (QED) is 0.650. The van der Waals surface area contributed by atoms with E-state index in [4.69, 9.17) is 4.74 Å². The first-order valence-electron chi connectivity index (χ1n) is 8.01. The fourth-order valence-electron chi connectivity index (χ4n) is 2.44. The van der Waals surface area contributed by atoms with Crippen LogP contribution >= 0.6 is 0 Å². The van der Waals surface area contributed by atoms with Crippen LogP contribution in [0.5, 0.6) is 11.5 Å². The summed E-state index contributed by atoms with van der Waals surface area (Å²) in [7, 11) is 0. The molecule has 0 heterocycles. The first-order chi connectivity index (χ1) is 11.7. The molecule has 2 nitrogen and oxygen atoms in total. The van der Waals surface area contributed by atoms with Gasteiger partial charge in [-0.05, 0) is 54.4 Å². The molecule has 0 radical (unpaired) electrons. The predicted molar refractivity (Wildman–Crippen MR) is 94.6 cm³/mol. The summed E-state index contributed by atoms with van der Waals surface area (Å²) in [5.41, 5.74) is 2.46. The predicted octanol–water partition coefficient (Wildman–Crippen LogP) is 5.47. The second-order valence-electron chi connectivity index (χ2n) is 5.71. The normalized spacial score (nSPS) is 11.9. The zero-order chi connectivity index (χ0) is 16.8. The van der Waals surface area contributed by atoms with Gasteiger partial charge in [0.1, 0.15) is 17.3 Å². The van der Waals surface area contributed by atoms with Gasteiger partial charge in [0, 0.05) is 12.6 Å². The Morgan fingerprint density at radius 2 is 1.42 bits per heavy atom. The average molecular weight is 321 g/mol. The topological polar surface area (TPSA) is 21.3 Å². The Kier molecular flexibility index (Phi) is 5.24. The minimum atomic E-state index is -0.267. The van der Waals surface area contributed by atoms with Gasteiger partial charge < -0.3 is 10.1 Å². The number of ether oxygens (including phenoxy) is 1. The fraction of sp³-hybridized carbons (Fsp3) is 0.143. The molecule has 0 aliphatic rings. The van der Waals surface area contributed by atoms with Crippen molar-refractivity contribution in [2.45, 2.75) is 19.5 Å². The van der Waals surface area contributed by atoms with Crippen molar-refractivity contribution < 1.29 is 9.13 Å². The van der Waals surface area contributed by atoms with Crippen molar-refractivity contribution in [3.63, 3.8) is 0 Å². The van der Waals surface area contributed by atoms with E-state index in [1.54, 1.807) is 12.1 Å². The van der Waals surface area contributed by atoms with Crippen molar-refractivity contribution in [3.05, 3.63) is 95.8 Å². The number of hydrogen-bond acceptors (Lipinski definition) is 2. The van der Waals surface area contributed by atoms with Crippen LogP contribution in [-0.2, 0) is 6.54 Å². The molecular weight excluding hydrogens is 301 g/mol. The number of hydrogen-bond donors (Lipinski definition) is 1. The second-order valence-corrected chi connectivity index (χ2v) is 5.71. The van der Waals surface area contributed by atoms with Crippen molar-refractivity contribution >= 4 is 0 Å². The zero-order valence-electron chi connectivity index (χ0n) is 13.6. The van der Waals surface area contributed by atoms with E-state index in [9.17, 15) is 4.39 Å². The lowest BCUT2D eigenvalue weighted by Gasteiger charge is -2.14. The standard InChI is InChI=1S/C21H20FNO/c1-16(18-5-3-2-4-6-18)23-15-17-7-11-20(12-8-17)24-21-13-9-19(22)10-14-21/h2-14,16,23H,15H2,1H3/t16-/m0/s1. The van der Waals surface area contributed by atoms with E-state index in [0.717, 1.165) is 12.3 Å². The molecule has 122 valence electrons. The highest BCUT2D eigenvalue weighted by molar-refractivity contribution is 5.33. The molecule has 0 fully saturated rings. The van der Waals surface area contributed by atoms with E-state index in [2.05, 4.69) is 36.5 Å². The van der Waals surface area contributed by atoms with E-state index in [0.29, 0.717) is 11.8 Å². The molecule has 3 aromatic carbocycles. The highest BCUT2D eigenvalue weighted by atomic mass is 19.1. The van der Waals surface area contributed by atoms with E-state index < -0.39 is 0 Å². The Hall–Kier alpha value is -2.65. The Morgan fingerprint density at radius 1 is 0.833 bits per heavy atom. The molecule has 24 heavy (non-hydrogen) atoms. The van der Waals surface area contributed by atoms with Crippen LogP contribution < -0.4 is 10.1 Å². The smallest absolute Gasteiger partial charge is 0.127 e. The Morgan fingerprint density at radius 3 is 2.04 bits per heavy atom. The fourth-order valence-corrected chi connectivity index (χ4v) is 2.44. The highest BCUT2D eigenvalue weighted by Crippen LogP contribution is 2.22. The zero-order valence-corrected chi connectivity index (χ0v) is 13.6. The molecule has 0 aliphatic carbocycles. The number of benzene rings is 3. The van der Waals surface area contributed by atoms with Crippen LogP contribution in [0.3, 0.4) is 0 Å². The van der Waals surface area contributed by atoms with Crippen LogP contribution in [0, 0.1) is 5.82 Å². The maximum absolute atomic E-state index is 12.9. The lowest BCUT2D eigenvalue weighted by atomic mass is 10.1. The summed E-state index contributed by atoms with van der Waals surface area (Å²) < 4.78 is 18.6. The minimum Gasteiger partial charge on any atom is -0.457 e. The second kappa shape index (κ2) is 7.75. The van der Waals surface area contributed by atoms with E-state index in [1.807, 2.05) is 30.3 Å². The van der Waals surface area contributed by atoms with Crippen molar-refractivity contribution in [2.75, 3.05) is 0 Å². The molecule has 0 amide bonds. The van der Waals surface area contributed by atoms with Crippen LogP contribution in [0.4, 0.5) is 4.39 Å². The first-order valence-corrected chi connectivity index (χ1v) is 8.01. The monoisotopic (exact) mass is 321 g/mol. The summed E-state index contributed by atoms with van der Waals surface area (Å²) in [6.45, 7) is 2.94. The van der Waals surface area contributed by atoms with Crippen LogP contribution in [0.25, 0.3) is 0 Å². The maximum Gasteiger partial charge on any atom is 0.127 e. The van der Waals surface area contributed by atoms with Crippen LogP contribution in [0.15, 0.2) is 78.9 Å². The summed E-state index contributed by atoms with van der Waals surface area (Å²) in [5.74, 6) is 1.10. The Labute approximate surface area is 141 Å². The van der Waals surface area contributed by atoms with Gasteiger partial charge in [0.15, 0.2) is 0 Å². The third-order valence-electron chi connectivity index (χ3n) is 3.88.